The Kier molecular flexibility index (Phi) is 3.96. The van der Waals surface area contributed by atoms with Crippen LogP contribution >= 0.6 is 11.3 Å². The third-order valence-corrected chi connectivity index (χ3v) is 6.39. The summed E-state index contributed by atoms with van der Waals surface area (Å²) in [4.78, 5) is 19.8. The maximum atomic E-state index is 14.4. The molecule has 1 aliphatic rings. The van der Waals surface area contributed by atoms with Gasteiger partial charge in [0.25, 0.3) is 0 Å². The van der Waals surface area contributed by atoms with Crippen LogP contribution in [0.5, 0.6) is 0 Å². The Balaban J connectivity index is 1.52. The van der Waals surface area contributed by atoms with Crippen molar-refractivity contribution in [2.75, 3.05) is 11.9 Å². The molecule has 1 aliphatic carbocycles. The minimum absolute atomic E-state index is 0.0436. The van der Waals surface area contributed by atoms with Gasteiger partial charge in [-0.05, 0) is 60.2 Å². The highest BCUT2D eigenvalue weighted by atomic mass is 32.1. The van der Waals surface area contributed by atoms with Gasteiger partial charge in [0.15, 0.2) is 5.13 Å². The molecule has 5 nitrogen and oxygen atoms in total. The van der Waals surface area contributed by atoms with Crippen LogP contribution < -0.4 is 5.32 Å². The van der Waals surface area contributed by atoms with Crippen LogP contribution in [0.1, 0.15) is 12.0 Å². The van der Waals surface area contributed by atoms with Gasteiger partial charge in [-0.3, -0.25) is 4.79 Å². The number of benzene rings is 2. The van der Waals surface area contributed by atoms with Gasteiger partial charge in [0.2, 0.25) is 5.91 Å². The number of nitrogens with zero attached hydrogens (tertiary/aromatic N) is 1. The molecule has 2 unspecified atom stereocenters. The van der Waals surface area contributed by atoms with Crippen molar-refractivity contribution in [1.29, 1.82) is 0 Å². The molecule has 1 amide bonds. The number of carbonyl (C=O) groups is 1. The SMILES string of the molecule is Cc1c(F)cc2[nH]ccc2c1-c1ccc2nc(NC(=O)C3CC3CO)sc2c1. The molecule has 28 heavy (non-hydrogen) atoms. The summed E-state index contributed by atoms with van der Waals surface area (Å²) in [5, 5.41) is 13.5. The first kappa shape index (κ1) is 17.3. The summed E-state index contributed by atoms with van der Waals surface area (Å²) >= 11 is 1.40. The highest BCUT2D eigenvalue weighted by Crippen LogP contribution is 2.40. The number of rotatable bonds is 4. The lowest BCUT2D eigenvalue weighted by atomic mass is 9.96. The molecule has 0 spiro atoms. The Bertz CT molecular complexity index is 1230. The first-order valence-corrected chi connectivity index (χ1v) is 9.95. The number of anilines is 1. The largest absolute Gasteiger partial charge is 0.396 e. The number of thiazole rings is 1. The second-order valence-corrected chi connectivity index (χ2v) is 8.30. The normalized spacial score (nSPS) is 18.7. The van der Waals surface area contributed by atoms with Crippen molar-refractivity contribution in [2.24, 2.45) is 11.8 Å². The molecule has 2 aromatic carbocycles. The molecule has 2 aromatic heterocycles. The van der Waals surface area contributed by atoms with E-state index in [1.54, 1.807) is 6.92 Å². The Labute approximate surface area is 164 Å². The van der Waals surface area contributed by atoms with Gasteiger partial charge in [-0.1, -0.05) is 17.4 Å². The Morgan fingerprint density at radius 3 is 3.04 bits per heavy atom. The third-order valence-electron chi connectivity index (χ3n) is 5.45. The zero-order valence-corrected chi connectivity index (χ0v) is 15.9. The Morgan fingerprint density at radius 2 is 2.25 bits per heavy atom. The van der Waals surface area contributed by atoms with Gasteiger partial charge in [0.05, 0.1) is 10.2 Å². The molecule has 2 heterocycles. The topological polar surface area (TPSA) is 78.0 Å². The van der Waals surface area contributed by atoms with Gasteiger partial charge in [-0.2, -0.15) is 0 Å². The van der Waals surface area contributed by atoms with E-state index in [1.165, 1.54) is 17.4 Å². The lowest BCUT2D eigenvalue weighted by molar-refractivity contribution is -0.117. The van der Waals surface area contributed by atoms with Gasteiger partial charge >= 0.3 is 0 Å². The number of hydrogen-bond acceptors (Lipinski definition) is 4. The number of amides is 1. The van der Waals surface area contributed by atoms with E-state index in [-0.39, 0.29) is 30.2 Å². The summed E-state index contributed by atoms with van der Waals surface area (Å²) in [5.74, 6) is -0.386. The number of aromatic amines is 1. The minimum atomic E-state index is -0.245. The molecule has 0 bridgehead atoms. The quantitative estimate of drug-likeness (QED) is 0.477. The van der Waals surface area contributed by atoms with Gasteiger partial charge in [-0.15, -0.1) is 0 Å². The molecule has 1 fully saturated rings. The van der Waals surface area contributed by atoms with Crippen LogP contribution in [0.2, 0.25) is 0 Å². The van der Waals surface area contributed by atoms with E-state index in [4.69, 9.17) is 5.11 Å². The maximum Gasteiger partial charge on any atom is 0.229 e. The fraction of sp³-hybridized carbons (Fsp3) is 0.238. The van der Waals surface area contributed by atoms with Crippen molar-refractivity contribution in [3.63, 3.8) is 0 Å². The molecule has 0 aliphatic heterocycles. The number of halogens is 1. The smallest absolute Gasteiger partial charge is 0.229 e. The Hall–Kier alpha value is -2.77. The average molecular weight is 395 g/mol. The summed E-state index contributed by atoms with van der Waals surface area (Å²) in [7, 11) is 0. The molecule has 1 saturated carbocycles. The first-order valence-electron chi connectivity index (χ1n) is 9.14. The standard InChI is InChI=1S/C21H18FN3O2S/c1-10-15(22)8-17-13(4-5-23-17)19(10)11-2-3-16-18(7-11)28-21(24-16)25-20(27)14-6-12(14)9-26/h2-5,7-8,12,14,23,26H,6,9H2,1H3,(H,24,25,27). The summed E-state index contributed by atoms with van der Waals surface area (Å²) in [6.07, 6.45) is 2.53. The summed E-state index contributed by atoms with van der Waals surface area (Å²) < 4.78 is 15.3. The van der Waals surface area contributed by atoms with Crippen LogP contribution in [0.3, 0.4) is 0 Å². The van der Waals surface area contributed by atoms with Crippen LogP contribution in [0.4, 0.5) is 9.52 Å². The van der Waals surface area contributed by atoms with Crippen molar-refractivity contribution in [3.05, 3.63) is 47.9 Å². The molecule has 7 heteroatoms. The number of hydrogen-bond donors (Lipinski definition) is 3. The van der Waals surface area contributed by atoms with Crippen LogP contribution in [0.15, 0.2) is 36.5 Å². The van der Waals surface area contributed by atoms with Crippen LogP contribution in [0.25, 0.3) is 32.2 Å². The molecular weight excluding hydrogens is 377 g/mol. The zero-order valence-electron chi connectivity index (χ0n) is 15.1. The molecule has 0 saturated heterocycles. The maximum absolute atomic E-state index is 14.4. The van der Waals surface area contributed by atoms with Crippen LogP contribution in [-0.2, 0) is 4.79 Å². The molecule has 3 N–H and O–H groups in total. The van der Waals surface area contributed by atoms with Gasteiger partial charge in [0, 0.05) is 29.6 Å². The second kappa shape index (κ2) is 6.39. The van der Waals surface area contributed by atoms with Crippen molar-refractivity contribution in [2.45, 2.75) is 13.3 Å². The van der Waals surface area contributed by atoms with Crippen molar-refractivity contribution in [3.8, 4) is 11.1 Å². The van der Waals surface area contributed by atoms with Gasteiger partial charge in [0.1, 0.15) is 5.82 Å². The molecule has 4 aromatic rings. The second-order valence-electron chi connectivity index (χ2n) is 7.27. The highest BCUT2D eigenvalue weighted by molar-refractivity contribution is 7.22. The zero-order chi connectivity index (χ0) is 19.4. The average Bonchev–Trinajstić information content (AvgIpc) is 3.16. The van der Waals surface area contributed by atoms with Crippen molar-refractivity contribution < 1.29 is 14.3 Å². The van der Waals surface area contributed by atoms with E-state index < -0.39 is 0 Å². The number of aromatic nitrogens is 2. The van der Waals surface area contributed by atoms with E-state index in [0.717, 1.165) is 38.7 Å². The van der Waals surface area contributed by atoms with Gasteiger partial charge < -0.3 is 15.4 Å². The number of aliphatic hydroxyl groups excluding tert-OH is 1. The summed E-state index contributed by atoms with van der Waals surface area (Å²) in [6.45, 7) is 1.83. The fourth-order valence-electron chi connectivity index (χ4n) is 3.75. The molecular formula is C21H18FN3O2S. The van der Waals surface area contributed by atoms with E-state index in [0.29, 0.717) is 10.7 Å². The number of aliphatic hydroxyl groups is 1. The summed E-state index contributed by atoms with van der Waals surface area (Å²) in [6, 6.07) is 9.29. The van der Waals surface area contributed by atoms with Gasteiger partial charge in [-0.25, -0.2) is 9.37 Å². The van der Waals surface area contributed by atoms with Crippen molar-refractivity contribution >= 4 is 43.5 Å². The van der Waals surface area contributed by atoms with Crippen LogP contribution in [0, 0.1) is 24.6 Å². The lowest BCUT2D eigenvalue weighted by Gasteiger charge is -2.09. The molecule has 5 rings (SSSR count). The number of fused-ring (bicyclic) bond motifs is 2. The number of nitrogens with one attached hydrogen (secondary N) is 2. The number of H-pyrrole nitrogens is 1. The Morgan fingerprint density at radius 1 is 1.39 bits per heavy atom. The van der Waals surface area contributed by atoms with E-state index in [9.17, 15) is 9.18 Å². The highest BCUT2D eigenvalue weighted by Gasteiger charge is 2.42. The van der Waals surface area contributed by atoms with Crippen LogP contribution in [-0.4, -0.2) is 27.6 Å². The number of carbonyl (C=O) groups excluding carboxylic acids is 1. The summed E-state index contributed by atoms with van der Waals surface area (Å²) in [5.41, 5.74) is 3.93. The predicted molar refractivity (Wildman–Crippen MR) is 109 cm³/mol. The third kappa shape index (κ3) is 2.78. The molecule has 142 valence electrons. The van der Waals surface area contributed by atoms with Crippen molar-refractivity contribution in [1.82, 2.24) is 9.97 Å². The monoisotopic (exact) mass is 395 g/mol. The predicted octanol–water partition coefficient (Wildman–Crippen LogP) is 4.46. The molecule has 2 atom stereocenters. The minimum Gasteiger partial charge on any atom is -0.396 e. The van der Waals surface area contributed by atoms with E-state index >= 15 is 0 Å². The van der Waals surface area contributed by atoms with E-state index in [2.05, 4.69) is 15.3 Å². The first-order chi connectivity index (χ1) is 13.5. The van der Waals surface area contributed by atoms with E-state index in [1.807, 2.05) is 30.5 Å². The lowest BCUT2D eigenvalue weighted by Crippen LogP contribution is -2.15. The molecule has 0 radical (unpaired) electrons. The fourth-order valence-corrected chi connectivity index (χ4v) is 4.66.